The van der Waals surface area contributed by atoms with E-state index in [-0.39, 0.29) is 5.54 Å². The van der Waals surface area contributed by atoms with Crippen molar-refractivity contribution in [1.82, 2.24) is 15.0 Å². The molecular formula is C16H23N3. The second-order valence-corrected chi connectivity index (χ2v) is 6.45. The van der Waals surface area contributed by atoms with Crippen molar-refractivity contribution in [3.63, 3.8) is 0 Å². The molecule has 2 rings (SSSR count). The molecule has 102 valence electrons. The molecule has 0 spiro atoms. The minimum atomic E-state index is -0.0307. The van der Waals surface area contributed by atoms with Crippen molar-refractivity contribution in [3.8, 4) is 11.3 Å². The van der Waals surface area contributed by atoms with Crippen molar-refractivity contribution in [2.45, 2.75) is 53.0 Å². The van der Waals surface area contributed by atoms with Gasteiger partial charge in [-0.15, -0.1) is 5.10 Å². The van der Waals surface area contributed by atoms with Gasteiger partial charge in [0, 0.05) is 5.56 Å². The molecule has 1 aromatic heterocycles. The zero-order valence-corrected chi connectivity index (χ0v) is 12.7. The van der Waals surface area contributed by atoms with Crippen molar-refractivity contribution < 1.29 is 0 Å². The lowest BCUT2D eigenvalue weighted by atomic mass is 9.97. The first-order chi connectivity index (χ1) is 8.79. The zero-order chi connectivity index (χ0) is 14.2. The molecule has 19 heavy (non-hydrogen) atoms. The summed E-state index contributed by atoms with van der Waals surface area (Å²) in [5, 5.41) is 8.53. The lowest BCUT2D eigenvalue weighted by Crippen LogP contribution is -2.22. The summed E-state index contributed by atoms with van der Waals surface area (Å²) in [6.45, 7) is 12.9. The first-order valence-corrected chi connectivity index (χ1v) is 6.83. The Balaban J connectivity index is 2.40. The number of benzene rings is 1. The van der Waals surface area contributed by atoms with E-state index < -0.39 is 0 Å². The maximum atomic E-state index is 4.30. The van der Waals surface area contributed by atoms with Crippen molar-refractivity contribution in [2.24, 2.45) is 0 Å². The van der Waals surface area contributed by atoms with E-state index in [9.17, 15) is 0 Å². The molecule has 1 heterocycles. The maximum absolute atomic E-state index is 4.30. The fraction of sp³-hybridized carbons (Fsp3) is 0.500. The van der Waals surface area contributed by atoms with Gasteiger partial charge in [-0.25, -0.2) is 4.68 Å². The van der Waals surface area contributed by atoms with Gasteiger partial charge in [-0.05, 0) is 44.7 Å². The molecule has 0 N–H and O–H groups in total. The van der Waals surface area contributed by atoms with Gasteiger partial charge in [0.05, 0.1) is 11.7 Å². The molecule has 0 bridgehead atoms. The number of rotatable bonds is 2. The fourth-order valence-electron chi connectivity index (χ4n) is 2.05. The molecule has 3 nitrogen and oxygen atoms in total. The smallest absolute Gasteiger partial charge is 0.113 e. The summed E-state index contributed by atoms with van der Waals surface area (Å²) >= 11 is 0. The van der Waals surface area contributed by atoms with E-state index >= 15 is 0 Å². The Bertz CT molecular complexity index is 574. The van der Waals surface area contributed by atoms with Gasteiger partial charge >= 0.3 is 0 Å². The molecule has 0 saturated heterocycles. The second-order valence-electron chi connectivity index (χ2n) is 6.45. The largest absolute Gasteiger partial charge is 0.247 e. The molecule has 0 amide bonds. The normalized spacial score (nSPS) is 12.2. The average molecular weight is 257 g/mol. The molecule has 0 saturated carbocycles. The average Bonchev–Trinajstić information content (AvgIpc) is 2.77. The summed E-state index contributed by atoms with van der Waals surface area (Å²) in [5.41, 5.74) is 4.70. The van der Waals surface area contributed by atoms with Gasteiger partial charge in [0.1, 0.15) is 5.69 Å². The molecule has 0 radical (unpaired) electrons. The van der Waals surface area contributed by atoms with E-state index in [4.69, 9.17) is 0 Å². The van der Waals surface area contributed by atoms with Crippen LogP contribution >= 0.6 is 0 Å². The summed E-state index contributed by atoms with van der Waals surface area (Å²) in [5.74, 6) is 0.554. The second kappa shape index (κ2) is 4.80. The highest BCUT2D eigenvalue weighted by Crippen LogP contribution is 2.26. The van der Waals surface area contributed by atoms with E-state index in [1.165, 1.54) is 16.7 Å². The van der Waals surface area contributed by atoms with Crippen LogP contribution in [-0.4, -0.2) is 15.0 Å². The Kier molecular flexibility index (Phi) is 3.48. The Morgan fingerprint density at radius 3 is 2.32 bits per heavy atom. The van der Waals surface area contributed by atoms with Crippen LogP contribution in [0.1, 0.15) is 51.7 Å². The minimum absolute atomic E-state index is 0.0307. The summed E-state index contributed by atoms with van der Waals surface area (Å²) in [6, 6.07) is 6.58. The molecule has 0 fully saturated rings. The van der Waals surface area contributed by atoms with Crippen molar-refractivity contribution in [1.29, 1.82) is 0 Å². The predicted molar refractivity (Wildman–Crippen MR) is 79.3 cm³/mol. The number of aryl methyl sites for hydroxylation is 1. The lowest BCUT2D eigenvalue weighted by molar-refractivity contribution is 0.347. The van der Waals surface area contributed by atoms with Crippen molar-refractivity contribution >= 4 is 0 Å². The van der Waals surface area contributed by atoms with Crippen LogP contribution in [-0.2, 0) is 5.54 Å². The maximum Gasteiger partial charge on any atom is 0.113 e. The minimum Gasteiger partial charge on any atom is -0.247 e. The quantitative estimate of drug-likeness (QED) is 0.809. The van der Waals surface area contributed by atoms with Gasteiger partial charge < -0.3 is 0 Å². The molecule has 0 aliphatic carbocycles. The Labute approximate surface area is 115 Å². The monoisotopic (exact) mass is 257 g/mol. The van der Waals surface area contributed by atoms with Gasteiger partial charge in [-0.2, -0.15) is 0 Å². The van der Waals surface area contributed by atoms with Crippen LogP contribution in [0, 0.1) is 6.92 Å². The zero-order valence-electron chi connectivity index (χ0n) is 12.7. The van der Waals surface area contributed by atoms with Gasteiger partial charge in [-0.1, -0.05) is 37.3 Å². The number of aromatic nitrogens is 3. The van der Waals surface area contributed by atoms with E-state index in [2.05, 4.69) is 70.1 Å². The standard InChI is InChI=1S/C16H23N3/c1-11(2)13-7-8-14(12(3)9-13)15-10-19(18-17-15)16(4,5)6/h7-11H,1-6H3. The van der Waals surface area contributed by atoms with Gasteiger partial charge in [-0.3, -0.25) is 0 Å². The third kappa shape index (κ3) is 2.86. The fourth-order valence-corrected chi connectivity index (χ4v) is 2.05. The van der Waals surface area contributed by atoms with E-state index in [0.29, 0.717) is 5.92 Å². The first kappa shape index (κ1) is 13.8. The number of hydrogen-bond donors (Lipinski definition) is 0. The third-order valence-corrected chi connectivity index (χ3v) is 3.37. The topological polar surface area (TPSA) is 30.7 Å². The summed E-state index contributed by atoms with van der Waals surface area (Å²) in [6.07, 6.45) is 2.03. The Hall–Kier alpha value is -1.64. The molecule has 2 aromatic rings. The van der Waals surface area contributed by atoms with Crippen LogP contribution in [0.25, 0.3) is 11.3 Å². The van der Waals surface area contributed by atoms with Crippen LogP contribution in [0.5, 0.6) is 0 Å². The molecule has 3 heteroatoms. The SMILES string of the molecule is Cc1cc(C(C)C)ccc1-c1cn(C(C)(C)C)nn1. The predicted octanol–water partition coefficient (Wildman–Crippen LogP) is 4.13. The van der Waals surface area contributed by atoms with Crippen LogP contribution < -0.4 is 0 Å². The van der Waals surface area contributed by atoms with Gasteiger partial charge in [0.15, 0.2) is 0 Å². The van der Waals surface area contributed by atoms with Crippen LogP contribution in [0.4, 0.5) is 0 Å². The van der Waals surface area contributed by atoms with Crippen molar-refractivity contribution in [3.05, 3.63) is 35.5 Å². The van der Waals surface area contributed by atoms with Crippen molar-refractivity contribution in [2.75, 3.05) is 0 Å². The highest BCUT2D eigenvalue weighted by Gasteiger charge is 2.16. The molecule has 0 unspecified atom stereocenters. The number of nitrogens with zero attached hydrogens (tertiary/aromatic N) is 3. The van der Waals surface area contributed by atoms with Crippen LogP contribution in [0.15, 0.2) is 24.4 Å². The first-order valence-electron chi connectivity index (χ1n) is 6.83. The molecule has 0 atom stereocenters. The van der Waals surface area contributed by atoms with Crippen LogP contribution in [0.3, 0.4) is 0 Å². The van der Waals surface area contributed by atoms with E-state index in [1.54, 1.807) is 0 Å². The summed E-state index contributed by atoms with van der Waals surface area (Å²) in [7, 11) is 0. The molecule has 0 aliphatic heterocycles. The van der Waals surface area contributed by atoms with Gasteiger partial charge in [0.25, 0.3) is 0 Å². The Morgan fingerprint density at radius 1 is 1.16 bits per heavy atom. The van der Waals surface area contributed by atoms with E-state index in [1.807, 2.05) is 10.9 Å². The number of hydrogen-bond acceptors (Lipinski definition) is 2. The molecular weight excluding hydrogens is 234 g/mol. The molecule has 0 aliphatic rings. The summed E-state index contributed by atoms with van der Waals surface area (Å²) < 4.78 is 1.91. The molecule has 1 aromatic carbocycles. The third-order valence-electron chi connectivity index (χ3n) is 3.37. The highest BCUT2D eigenvalue weighted by atomic mass is 15.4. The van der Waals surface area contributed by atoms with Crippen LogP contribution in [0.2, 0.25) is 0 Å². The summed E-state index contributed by atoms with van der Waals surface area (Å²) in [4.78, 5) is 0. The van der Waals surface area contributed by atoms with Gasteiger partial charge in [0.2, 0.25) is 0 Å². The lowest BCUT2D eigenvalue weighted by Gasteiger charge is -2.17. The Morgan fingerprint density at radius 2 is 1.84 bits per heavy atom. The highest BCUT2D eigenvalue weighted by molar-refractivity contribution is 5.63. The van der Waals surface area contributed by atoms with E-state index in [0.717, 1.165) is 5.69 Å².